The summed E-state index contributed by atoms with van der Waals surface area (Å²) in [4.78, 5) is 51.3. The summed E-state index contributed by atoms with van der Waals surface area (Å²) in [5.41, 5.74) is -1.43. The Labute approximate surface area is 194 Å². The molecule has 1 fully saturated rings. The number of halogens is 4. The number of aryl methyl sites for hydroxylation is 2. The van der Waals surface area contributed by atoms with E-state index in [4.69, 9.17) is 0 Å². The fourth-order valence-electron chi connectivity index (χ4n) is 4.07. The summed E-state index contributed by atoms with van der Waals surface area (Å²) >= 11 is 0. The van der Waals surface area contributed by atoms with Crippen molar-refractivity contribution in [1.29, 1.82) is 0 Å². The van der Waals surface area contributed by atoms with Gasteiger partial charge in [-0.2, -0.15) is 13.2 Å². The third-order valence-corrected chi connectivity index (χ3v) is 5.97. The first-order chi connectivity index (χ1) is 16.3. The molecule has 1 aromatic heterocycles. The van der Waals surface area contributed by atoms with Gasteiger partial charge in [0.05, 0.1) is 23.1 Å². The smallest absolute Gasteiger partial charge is 0.419 e. The SMILES string of the molecule is Cn1c(=O)n(C)c2cc(N3CC(C(=O)O)C(=O)N(Cc4cccc(C(F)(F)F)c4F)C3=O)ccc21. The second-order valence-corrected chi connectivity index (χ2v) is 8.06. The Morgan fingerprint density at radius 3 is 2.34 bits per heavy atom. The Morgan fingerprint density at radius 2 is 1.71 bits per heavy atom. The summed E-state index contributed by atoms with van der Waals surface area (Å²) in [7, 11) is 3.04. The predicted molar refractivity (Wildman–Crippen MR) is 114 cm³/mol. The average Bonchev–Trinajstić information content (AvgIpc) is 3.00. The van der Waals surface area contributed by atoms with E-state index < -0.39 is 60.0 Å². The van der Waals surface area contributed by atoms with Crippen LogP contribution in [0.1, 0.15) is 11.1 Å². The summed E-state index contributed by atoms with van der Waals surface area (Å²) in [6.07, 6.45) is -5.01. The molecule has 4 rings (SSSR count). The highest BCUT2D eigenvalue weighted by atomic mass is 19.4. The molecule has 0 saturated carbocycles. The molecule has 9 nitrogen and oxygen atoms in total. The molecule has 0 aliphatic carbocycles. The molecule has 0 radical (unpaired) electrons. The molecule has 0 bridgehead atoms. The van der Waals surface area contributed by atoms with Gasteiger partial charge in [0.2, 0.25) is 5.91 Å². The van der Waals surface area contributed by atoms with Crippen LogP contribution in [0.4, 0.5) is 28.0 Å². The van der Waals surface area contributed by atoms with Crippen molar-refractivity contribution in [3.8, 4) is 0 Å². The zero-order valence-electron chi connectivity index (χ0n) is 18.3. The number of amides is 3. The maximum absolute atomic E-state index is 14.6. The number of nitrogens with zero attached hydrogens (tertiary/aromatic N) is 4. The summed E-state index contributed by atoms with van der Waals surface area (Å²) in [6, 6.07) is 5.81. The van der Waals surface area contributed by atoms with Gasteiger partial charge in [-0.1, -0.05) is 12.1 Å². The maximum Gasteiger partial charge on any atom is 0.419 e. The summed E-state index contributed by atoms with van der Waals surface area (Å²) < 4.78 is 56.6. The van der Waals surface area contributed by atoms with E-state index >= 15 is 0 Å². The van der Waals surface area contributed by atoms with Gasteiger partial charge in [-0.15, -0.1) is 0 Å². The van der Waals surface area contributed by atoms with E-state index in [1.54, 1.807) is 7.05 Å². The van der Waals surface area contributed by atoms with E-state index in [9.17, 15) is 41.8 Å². The van der Waals surface area contributed by atoms with E-state index in [1.165, 1.54) is 34.4 Å². The van der Waals surface area contributed by atoms with Crippen LogP contribution in [0, 0.1) is 11.7 Å². The molecule has 184 valence electrons. The zero-order chi connectivity index (χ0) is 25.8. The predicted octanol–water partition coefficient (Wildman–Crippen LogP) is 2.70. The Bertz CT molecular complexity index is 1440. The van der Waals surface area contributed by atoms with Gasteiger partial charge in [0.25, 0.3) is 0 Å². The number of hydrogen-bond donors (Lipinski definition) is 1. The number of aromatic nitrogens is 2. The molecular weight excluding hydrogens is 476 g/mol. The van der Waals surface area contributed by atoms with Crippen molar-refractivity contribution >= 4 is 34.6 Å². The largest absolute Gasteiger partial charge is 0.481 e. The number of rotatable bonds is 4. The van der Waals surface area contributed by atoms with Crippen LogP contribution in [-0.4, -0.2) is 43.6 Å². The fourth-order valence-corrected chi connectivity index (χ4v) is 4.07. The third kappa shape index (κ3) is 3.92. The van der Waals surface area contributed by atoms with Crippen LogP contribution in [0.3, 0.4) is 0 Å². The number of benzene rings is 2. The number of carbonyl (C=O) groups excluding carboxylic acids is 2. The lowest BCUT2D eigenvalue weighted by molar-refractivity contribution is -0.150. The maximum atomic E-state index is 14.6. The van der Waals surface area contributed by atoms with Crippen LogP contribution in [-0.2, 0) is 36.4 Å². The van der Waals surface area contributed by atoms with Gasteiger partial charge >= 0.3 is 23.9 Å². The number of imide groups is 1. The number of carbonyl (C=O) groups is 3. The highest BCUT2D eigenvalue weighted by Gasteiger charge is 2.44. The first-order valence-electron chi connectivity index (χ1n) is 10.2. The molecule has 1 unspecified atom stereocenters. The minimum atomic E-state index is -5.01. The molecule has 1 aliphatic rings. The van der Waals surface area contributed by atoms with Crippen LogP contribution >= 0.6 is 0 Å². The van der Waals surface area contributed by atoms with Crippen molar-refractivity contribution < 1.29 is 37.1 Å². The number of carboxylic acids is 1. The molecule has 2 aromatic carbocycles. The number of imidazole rings is 1. The molecule has 3 amide bonds. The minimum Gasteiger partial charge on any atom is -0.481 e. The highest BCUT2D eigenvalue weighted by Crippen LogP contribution is 2.34. The normalized spacial score (nSPS) is 16.9. The van der Waals surface area contributed by atoms with E-state index in [2.05, 4.69) is 0 Å². The van der Waals surface area contributed by atoms with E-state index in [-0.39, 0.29) is 11.4 Å². The molecule has 0 spiro atoms. The van der Waals surface area contributed by atoms with Gasteiger partial charge in [-0.25, -0.2) is 14.0 Å². The minimum absolute atomic E-state index is 0.150. The highest BCUT2D eigenvalue weighted by molar-refractivity contribution is 6.12. The monoisotopic (exact) mass is 494 g/mol. The Kier molecular flexibility index (Phi) is 5.65. The van der Waals surface area contributed by atoms with Crippen LogP contribution in [0.5, 0.6) is 0 Å². The van der Waals surface area contributed by atoms with E-state index in [0.717, 1.165) is 17.0 Å². The van der Waals surface area contributed by atoms with Crippen molar-refractivity contribution in [3.63, 3.8) is 0 Å². The molecule has 1 aliphatic heterocycles. The van der Waals surface area contributed by atoms with Crippen LogP contribution in [0.15, 0.2) is 41.2 Å². The van der Waals surface area contributed by atoms with Gasteiger partial charge < -0.3 is 5.11 Å². The Hall–Kier alpha value is -4.16. The summed E-state index contributed by atoms with van der Waals surface area (Å²) in [5, 5.41) is 9.55. The first kappa shape index (κ1) is 24.0. The van der Waals surface area contributed by atoms with Crippen molar-refractivity contribution in [1.82, 2.24) is 14.0 Å². The molecule has 3 aromatic rings. The van der Waals surface area contributed by atoms with Gasteiger partial charge in [-0.3, -0.25) is 28.5 Å². The van der Waals surface area contributed by atoms with Crippen molar-refractivity contribution in [2.45, 2.75) is 12.7 Å². The second-order valence-electron chi connectivity index (χ2n) is 8.06. The standard InChI is InChI=1S/C22H18F4N4O5/c1-27-15-7-6-12(8-16(15)28(2)20(27)34)29-10-13(19(32)33)18(31)30(21(29)35)9-11-4-3-5-14(17(11)23)22(24,25)26/h3-8,13H,9-10H2,1-2H3,(H,32,33). The number of anilines is 1. The van der Waals surface area contributed by atoms with Crippen LogP contribution in [0.2, 0.25) is 0 Å². The van der Waals surface area contributed by atoms with E-state index in [1.807, 2.05) is 0 Å². The van der Waals surface area contributed by atoms with E-state index in [0.29, 0.717) is 22.0 Å². The zero-order valence-corrected chi connectivity index (χ0v) is 18.3. The topological polar surface area (TPSA) is 105 Å². The molecule has 2 heterocycles. The number of fused-ring (bicyclic) bond motifs is 1. The van der Waals surface area contributed by atoms with Crippen LogP contribution < -0.4 is 10.6 Å². The quantitative estimate of drug-likeness (QED) is 0.444. The number of hydrogen-bond acceptors (Lipinski definition) is 4. The van der Waals surface area contributed by atoms with Gasteiger partial charge in [-0.05, 0) is 24.3 Å². The van der Waals surface area contributed by atoms with Crippen molar-refractivity contribution in [2.75, 3.05) is 11.4 Å². The second kappa shape index (κ2) is 8.25. The number of carboxylic acid groups (broad SMARTS) is 1. The fraction of sp³-hybridized carbons (Fsp3) is 0.273. The lowest BCUT2D eigenvalue weighted by atomic mass is 10.0. The van der Waals surface area contributed by atoms with Crippen LogP contribution in [0.25, 0.3) is 11.0 Å². The van der Waals surface area contributed by atoms with Crippen molar-refractivity contribution in [3.05, 3.63) is 63.8 Å². The molecule has 35 heavy (non-hydrogen) atoms. The Morgan fingerprint density at radius 1 is 1.06 bits per heavy atom. The van der Waals surface area contributed by atoms with Gasteiger partial charge in [0.15, 0.2) is 5.92 Å². The molecular formula is C22H18F4N4O5. The Balaban J connectivity index is 1.77. The van der Waals surface area contributed by atoms with Gasteiger partial charge in [0.1, 0.15) is 5.82 Å². The molecule has 13 heteroatoms. The number of aliphatic carboxylic acids is 1. The first-order valence-corrected chi connectivity index (χ1v) is 10.2. The number of urea groups is 1. The average molecular weight is 494 g/mol. The summed E-state index contributed by atoms with van der Waals surface area (Å²) in [5.74, 6) is -6.14. The van der Waals surface area contributed by atoms with Gasteiger partial charge in [0, 0.05) is 31.9 Å². The summed E-state index contributed by atoms with van der Waals surface area (Å²) in [6.45, 7) is -1.46. The molecule has 1 atom stereocenters. The third-order valence-electron chi connectivity index (χ3n) is 5.97. The lowest BCUT2D eigenvalue weighted by Crippen LogP contribution is -2.58. The number of alkyl halides is 3. The lowest BCUT2D eigenvalue weighted by Gasteiger charge is -2.37. The molecule has 1 saturated heterocycles. The molecule has 1 N–H and O–H groups in total. The van der Waals surface area contributed by atoms with Crippen molar-refractivity contribution in [2.24, 2.45) is 20.0 Å².